The third-order valence-corrected chi connectivity index (χ3v) is 6.05. The number of hydrogen-bond acceptors (Lipinski definition) is 6. The number of anilines is 1. The summed E-state index contributed by atoms with van der Waals surface area (Å²) in [6.07, 6.45) is 1.31. The molecule has 1 aliphatic heterocycles. The predicted octanol–water partition coefficient (Wildman–Crippen LogP) is 4.94. The number of carbonyl (C=O) groups excluding carboxylic acids is 2. The lowest BCUT2D eigenvalue weighted by Crippen LogP contribution is -2.42. The van der Waals surface area contributed by atoms with Crippen LogP contribution in [0.2, 0.25) is 0 Å². The Morgan fingerprint density at radius 2 is 1.63 bits per heavy atom. The van der Waals surface area contributed by atoms with Gasteiger partial charge in [0.05, 0.1) is 11.5 Å². The van der Waals surface area contributed by atoms with Gasteiger partial charge in [-0.2, -0.15) is 0 Å². The van der Waals surface area contributed by atoms with E-state index in [1.807, 2.05) is 13.0 Å². The zero-order chi connectivity index (χ0) is 24.8. The highest BCUT2D eigenvalue weighted by atomic mass is 16.6. The molecule has 1 saturated heterocycles. The Bertz CT molecular complexity index is 1200. The van der Waals surface area contributed by atoms with E-state index in [1.54, 1.807) is 65.6 Å². The Morgan fingerprint density at radius 1 is 0.971 bits per heavy atom. The number of likely N-dealkylation sites (tertiary alicyclic amines) is 1. The van der Waals surface area contributed by atoms with Crippen LogP contribution in [0.5, 0.6) is 5.75 Å². The zero-order valence-electron chi connectivity index (χ0n) is 19.5. The molecule has 3 aromatic carbocycles. The molecule has 0 bridgehead atoms. The normalized spacial score (nSPS) is 13.8. The Hall–Kier alpha value is -4.20. The lowest BCUT2D eigenvalue weighted by atomic mass is 10.0. The van der Waals surface area contributed by atoms with Crippen LogP contribution in [-0.4, -0.2) is 47.3 Å². The number of hydrogen-bond donors (Lipinski definition) is 1. The highest BCUT2D eigenvalue weighted by Gasteiger charge is 2.26. The van der Waals surface area contributed by atoms with E-state index in [1.165, 1.54) is 6.07 Å². The highest BCUT2D eigenvalue weighted by Crippen LogP contribution is 2.29. The molecule has 1 N–H and O–H groups in total. The van der Waals surface area contributed by atoms with Gasteiger partial charge in [0.1, 0.15) is 11.4 Å². The molecule has 8 nitrogen and oxygen atoms in total. The molecule has 1 amide bonds. The van der Waals surface area contributed by atoms with E-state index < -0.39 is 4.92 Å². The number of nitrogens with zero attached hydrogens (tertiary/aromatic N) is 2. The van der Waals surface area contributed by atoms with Gasteiger partial charge in [-0.3, -0.25) is 19.7 Å². The van der Waals surface area contributed by atoms with Crippen molar-refractivity contribution >= 4 is 23.1 Å². The summed E-state index contributed by atoms with van der Waals surface area (Å²) in [4.78, 5) is 38.6. The van der Waals surface area contributed by atoms with Crippen molar-refractivity contribution in [2.75, 3.05) is 25.0 Å². The van der Waals surface area contributed by atoms with E-state index in [-0.39, 0.29) is 29.0 Å². The third kappa shape index (κ3) is 5.66. The van der Waals surface area contributed by atoms with Crippen molar-refractivity contribution in [1.82, 2.24) is 4.90 Å². The van der Waals surface area contributed by atoms with Crippen molar-refractivity contribution in [2.24, 2.45) is 0 Å². The van der Waals surface area contributed by atoms with Crippen LogP contribution in [0.3, 0.4) is 0 Å². The topological polar surface area (TPSA) is 102 Å². The summed E-state index contributed by atoms with van der Waals surface area (Å²) in [5.41, 5.74) is 1.58. The molecule has 0 radical (unpaired) electrons. The molecule has 0 aliphatic carbocycles. The van der Waals surface area contributed by atoms with Crippen molar-refractivity contribution in [3.63, 3.8) is 0 Å². The minimum atomic E-state index is -0.477. The minimum absolute atomic E-state index is 0.0197. The first kappa shape index (κ1) is 23.9. The summed E-state index contributed by atoms with van der Waals surface area (Å²) in [6.45, 7) is 3.56. The quantitative estimate of drug-likeness (QED) is 0.282. The van der Waals surface area contributed by atoms with Crippen LogP contribution in [0.25, 0.3) is 0 Å². The first-order valence-electron chi connectivity index (χ1n) is 11.6. The van der Waals surface area contributed by atoms with Crippen molar-refractivity contribution in [2.45, 2.75) is 25.8 Å². The maximum absolute atomic E-state index is 12.8. The van der Waals surface area contributed by atoms with E-state index in [9.17, 15) is 19.7 Å². The van der Waals surface area contributed by atoms with Crippen molar-refractivity contribution in [3.05, 3.63) is 99.6 Å². The molecule has 0 spiro atoms. The Balaban J connectivity index is 1.39. The molecular formula is C27H27N3O5. The molecule has 1 fully saturated rings. The van der Waals surface area contributed by atoms with E-state index in [2.05, 4.69) is 5.32 Å². The van der Waals surface area contributed by atoms with Gasteiger partial charge in [-0.25, -0.2) is 0 Å². The second kappa shape index (κ2) is 10.8. The predicted molar refractivity (Wildman–Crippen MR) is 133 cm³/mol. The molecule has 0 saturated carbocycles. The number of amides is 1. The van der Waals surface area contributed by atoms with Crippen LogP contribution in [-0.2, 0) is 0 Å². The molecule has 0 atom stereocenters. The van der Waals surface area contributed by atoms with Gasteiger partial charge >= 0.3 is 0 Å². The molecular weight excluding hydrogens is 446 g/mol. The molecule has 1 heterocycles. The number of nitrogens with one attached hydrogen (secondary N) is 1. The summed E-state index contributed by atoms with van der Waals surface area (Å²) in [5, 5.41) is 15.0. The number of nitro groups is 1. The minimum Gasteiger partial charge on any atom is -0.494 e. The van der Waals surface area contributed by atoms with Crippen LogP contribution in [0.1, 0.15) is 46.0 Å². The summed E-state index contributed by atoms with van der Waals surface area (Å²) >= 11 is 0. The lowest BCUT2D eigenvalue weighted by molar-refractivity contribution is -0.384. The van der Waals surface area contributed by atoms with Gasteiger partial charge in [0.15, 0.2) is 5.78 Å². The van der Waals surface area contributed by atoms with Gasteiger partial charge in [0.25, 0.3) is 11.6 Å². The highest BCUT2D eigenvalue weighted by molar-refractivity contribution is 6.09. The van der Waals surface area contributed by atoms with Crippen molar-refractivity contribution in [3.8, 4) is 5.75 Å². The maximum Gasteiger partial charge on any atom is 0.293 e. The summed E-state index contributed by atoms with van der Waals surface area (Å²) in [7, 11) is 0. The largest absolute Gasteiger partial charge is 0.494 e. The fraction of sp³-hybridized carbons (Fsp3) is 0.259. The Kier molecular flexibility index (Phi) is 7.40. The number of nitro benzene ring substituents is 1. The molecule has 4 rings (SSSR count). The van der Waals surface area contributed by atoms with E-state index in [4.69, 9.17) is 4.74 Å². The molecule has 0 unspecified atom stereocenters. The van der Waals surface area contributed by atoms with Gasteiger partial charge in [-0.05, 0) is 56.2 Å². The third-order valence-electron chi connectivity index (χ3n) is 6.05. The number of carbonyl (C=O) groups is 2. The number of benzene rings is 3. The van der Waals surface area contributed by atoms with Gasteiger partial charge < -0.3 is 15.0 Å². The Labute approximate surface area is 203 Å². The zero-order valence-corrected chi connectivity index (χ0v) is 19.5. The lowest BCUT2D eigenvalue weighted by Gasteiger charge is -2.33. The van der Waals surface area contributed by atoms with Gasteiger partial charge in [0, 0.05) is 41.9 Å². The first-order valence-corrected chi connectivity index (χ1v) is 11.6. The van der Waals surface area contributed by atoms with Crippen LogP contribution in [0, 0.1) is 10.1 Å². The number of ether oxygens (including phenoxy) is 1. The van der Waals surface area contributed by atoms with Gasteiger partial charge in [-0.1, -0.05) is 30.3 Å². The maximum atomic E-state index is 12.8. The Morgan fingerprint density at radius 3 is 2.26 bits per heavy atom. The average molecular weight is 474 g/mol. The fourth-order valence-corrected chi connectivity index (χ4v) is 4.19. The average Bonchev–Trinajstić information content (AvgIpc) is 2.89. The summed E-state index contributed by atoms with van der Waals surface area (Å²) in [6, 6.07) is 20.3. The van der Waals surface area contributed by atoms with Crippen molar-refractivity contribution < 1.29 is 19.2 Å². The molecule has 1 aliphatic rings. The standard InChI is InChI=1S/C27H27N3O5/c1-2-35-23-11-8-20(9-12-23)27(32)29-16-14-22(15-17-29)28-24-13-10-21(18-25(24)30(33)34)26(31)19-6-4-3-5-7-19/h3-13,18,22,28H,2,14-17H2,1H3. The van der Waals surface area contributed by atoms with Gasteiger partial charge in [-0.15, -0.1) is 0 Å². The van der Waals surface area contributed by atoms with Crippen LogP contribution in [0.15, 0.2) is 72.8 Å². The second-order valence-electron chi connectivity index (χ2n) is 8.35. The summed E-state index contributed by atoms with van der Waals surface area (Å²) < 4.78 is 5.43. The molecule has 35 heavy (non-hydrogen) atoms. The van der Waals surface area contributed by atoms with Gasteiger partial charge in [0.2, 0.25) is 0 Å². The monoisotopic (exact) mass is 473 g/mol. The van der Waals surface area contributed by atoms with Crippen LogP contribution >= 0.6 is 0 Å². The van der Waals surface area contributed by atoms with Crippen LogP contribution < -0.4 is 10.1 Å². The summed E-state index contributed by atoms with van der Waals surface area (Å²) in [5.74, 6) is 0.424. The number of ketones is 1. The van der Waals surface area contributed by atoms with E-state index >= 15 is 0 Å². The number of piperidine rings is 1. The second-order valence-corrected chi connectivity index (χ2v) is 8.35. The molecule has 8 heteroatoms. The first-order chi connectivity index (χ1) is 17.0. The molecule has 3 aromatic rings. The van der Waals surface area contributed by atoms with Crippen LogP contribution in [0.4, 0.5) is 11.4 Å². The SMILES string of the molecule is CCOc1ccc(C(=O)N2CCC(Nc3ccc(C(=O)c4ccccc4)cc3[N+](=O)[O-])CC2)cc1. The molecule has 0 aromatic heterocycles. The fourth-order valence-electron chi connectivity index (χ4n) is 4.19. The smallest absolute Gasteiger partial charge is 0.293 e. The number of rotatable bonds is 8. The van der Waals surface area contributed by atoms with E-state index in [0.29, 0.717) is 49.4 Å². The molecule has 180 valence electrons. The van der Waals surface area contributed by atoms with E-state index in [0.717, 1.165) is 5.75 Å². The van der Waals surface area contributed by atoms with Crippen molar-refractivity contribution in [1.29, 1.82) is 0 Å².